The average Bonchev–Trinajstić information content (AvgIpc) is 3.48. The minimum atomic E-state index is -0.469. The van der Waals surface area contributed by atoms with Crippen LogP contribution in [0.5, 0.6) is 5.75 Å². The van der Waals surface area contributed by atoms with E-state index in [1.807, 2.05) is 64.0 Å². The second-order valence-electron chi connectivity index (χ2n) is 10.9. The predicted octanol–water partition coefficient (Wildman–Crippen LogP) is 5.98. The third kappa shape index (κ3) is 7.02. The van der Waals surface area contributed by atoms with Gasteiger partial charge >= 0.3 is 6.09 Å². The van der Waals surface area contributed by atoms with Crippen LogP contribution in [0.15, 0.2) is 28.8 Å². The number of nitrogens with zero attached hydrogens (tertiary/aromatic N) is 4. The Bertz CT molecular complexity index is 1260. The number of aryl methyl sites for hydroxylation is 1. The van der Waals surface area contributed by atoms with E-state index in [1.165, 1.54) is 11.3 Å². The van der Waals surface area contributed by atoms with E-state index in [0.717, 1.165) is 71.6 Å². The molecule has 0 unspecified atom stereocenters. The first-order valence-corrected chi connectivity index (χ1v) is 13.6. The molecule has 1 aliphatic heterocycles. The van der Waals surface area contributed by atoms with E-state index in [1.54, 1.807) is 0 Å². The Morgan fingerprint density at radius 2 is 2.00 bits per heavy atom. The third-order valence-electron chi connectivity index (χ3n) is 6.45. The van der Waals surface area contributed by atoms with E-state index in [9.17, 15) is 4.79 Å². The molecule has 0 N–H and O–H groups in total. The summed E-state index contributed by atoms with van der Waals surface area (Å²) >= 11 is 1.44. The van der Waals surface area contributed by atoms with Crippen LogP contribution in [0.1, 0.15) is 61.0 Å². The van der Waals surface area contributed by atoms with Gasteiger partial charge in [0.1, 0.15) is 28.9 Å². The van der Waals surface area contributed by atoms with E-state index in [0.29, 0.717) is 23.9 Å². The zero-order valence-electron chi connectivity index (χ0n) is 22.4. The van der Waals surface area contributed by atoms with E-state index >= 15 is 0 Å². The second-order valence-corrected chi connectivity index (χ2v) is 12.1. The highest BCUT2D eigenvalue weighted by Crippen LogP contribution is 2.33. The molecular formula is C28H36N4O4S. The molecule has 1 aliphatic rings. The number of aromatic nitrogens is 1. The quantitative estimate of drug-likeness (QED) is 0.358. The van der Waals surface area contributed by atoms with Crippen LogP contribution < -0.4 is 4.74 Å². The van der Waals surface area contributed by atoms with Crippen molar-refractivity contribution in [3.63, 3.8) is 0 Å². The van der Waals surface area contributed by atoms with Crippen molar-refractivity contribution in [1.29, 1.82) is 5.26 Å². The molecular weight excluding hydrogens is 488 g/mol. The lowest BCUT2D eigenvalue weighted by molar-refractivity contribution is 0.0181. The molecule has 198 valence electrons. The summed E-state index contributed by atoms with van der Waals surface area (Å²) in [5.41, 5.74) is 2.24. The minimum absolute atomic E-state index is 0.218. The monoisotopic (exact) mass is 524 g/mol. The van der Waals surface area contributed by atoms with E-state index in [4.69, 9.17) is 19.3 Å². The molecule has 3 aromatic rings. The number of hydrogen-bond donors (Lipinski definition) is 0. The lowest BCUT2D eigenvalue weighted by atomic mass is 9.91. The van der Waals surface area contributed by atoms with Gasteiger partial charge in [0, 0.05) is 29.9 Å². The van der Waals surface area contributed by atoms with Crippen LogP contribution in [0.25, 0.3) is 11.0 Å². The number of likely N-dealkylation sites (tertiary alicyclic amines) is 1. The molecule has 1 fully saturated rings. The first-order valence-electron chi connectivity index (χ1n) is 12.8. The highest BCUT2D eigenvalue weighted by molar-refractivity contribution is 7.12. The topological polar surface area (TPSA) is 91.8 Å². The summed E-state index contributed by atoms with van der Waals surface area (Å²) in [5.74, 6) is 1.31. The van der Waals surface area contributed by atoms with Gasteiger partial charge in [0.2, 0.25) is 0 Å². The summed E-state index contributed by atoms with van der Waals surface area (Å²) in [6.45, 7) is 8.22. The van der Waals surface area contributed by atoms with Crippen molar-refractivity contribution < 1.29 is 18.8 Å². The Morgan fingerprint density at radius 1 is 1.24 bits per heavy atom. The van der Waals surface area contributed by atoms with Crippen LogP contribution in [-0.4, -0.2) is 53.8 Å². The molecule has 2 aromatic heterocycles. The Balaban J connectivity index is 1.40. The molecule has 1 amide bonds. The van der Waals surface area contributed by atoms with Gasteiger partial charge in [-0.05, 0) is 90.7 Å². The summed E-state index contributed by atoms with van der Waals surface area (Å²) in [7, 11) is 4.03. The summed E-state index contributed by atoms with van der Waals surface area (Å²) < 4.78 is 17.5. The van der Waals surface area contributed by atoms with Gasteiger partial charge in [-0.25, -0.2) is 4.79 Å². The van der Waals surface area contributed by atoms with Gasteiger partial charge in [-0.2, -0.15) is 5.26 Å². The van der Waals surface area contributed by atoms with Crippen LogP contribution >= 0.6 is 11.3 Å². The maximum Gasteiger partial charge on any atom is 0.410 e. The molecule has 0 spiro atoms. The highest BCUT2D eigenvalue weighted by atomic mass is 32.1. The number of piperidine rings is 1. The number of carbonyl (C=O) groups excluding carboxylic acids is 1. The van der Waals surface area contributed by atoms with Crippen molar-refractivity contribution in [3.8, 4) is 11.8 Å². The van der Waals surface area contributed by atoms with Crippen LogP contribution in [-0.2, 0) is 24.3 Å². The van der Waals surface area contributed by atoms with Gasteiger partial charge in [0.15, 0.2) is 5.58 Å². The molecule has 1 saturated heterocycles. The fraction of sp³-hybridized carbons (Fsp3) is 0.536. The molecule has 0 bridgehead atoms. The number of benzene rings is 1. The molecule has 0 saturated carbocycles. The van der Waals surface area contributed by atoms with Crippen LogP contribution in [0.4, 0.5) is 4.79 Å². The lowest BCUT2D eigenvalue weighted by Gasteiger charge is -2.33. The number of nitriles is 1. The van der Waals surface area contributed by atoms with Gasteiger partial charge in [-0.1, -0.05) is 5.16 Å². The lowest BCUT2D eigenvalue weighted by Crippen LogP contribution is -2.41. The van der Waals surface area contributed by atoms with Gasteiger partial charge in [0.05, 0.1) is 11.3 Å². The van der Waals surface area contributed by atoms with Crippen molar-refractivity contribution in [1.82, 2.24) is 15.0 Å². The molecule has 4 rings (SSSR count). The molecule has 9 heteroatoms. The van der Waals surface area contributed by atoms with Crippen LogP contribution in [0, 0.1) is 17.2 Å². The van der Waals surface area contributed by atoms with E-state index < -0.39 is 5.60 Å². The Kier molecular flexibility index (Phi) is 8.40. The SMILES string of the molecule is CN(C)Cc1c(OCc2ccc(C#N)s2)ccc2c(CCC3CCN(C(=O)OC(C)(C)C)CC3)noc12. The number of rotatable bonds is 8. The first kappa shape index (κ1) is 27.0. The van der Waals surface area contributed by atoms with Gasteiger partial charge in [-0.3, -0.25) is 0 Å². The molecule has 0 atom stereocenters. The van der Waals surface area contributed by atoms with Gasteiger partial charge in [-0.15, -0.1) is 11.3 Å². The number of amides is 1. The van der Waals surface area contributed by atoms with Crippen molar-refractivity contribution in [2.24, 2.45) is 5.92 Å². The second kappa shape index (κ2) is 11.5. The number of carbonyl (C=O) groups is 1. The Hall–Kier alpha value is -3.09. The third-order valence-corrected chi connectivity index (χ3v) is 7.41. The summed E-state index contributed by atoms with van der Waals surface area (Å²) in [5, 5.41) is 14.5. The first-order chi connectivity index (χ1) is 17.6. The van der Waals surface area contributed by atoms with Crippen LogP contribution in [0.3, 0.4) is 0 Å². The number of ether oxygens (including phenoxy) is 2. The van der Waals surface area contributed by atoms with Crippen molar-refractivity contribution in [3.05, 3.63) is 45.3 Å². The van der Waals surface area contributed by atoms with E-state index in [2.05, 4.69) is 16.1 Å². The summed E-state index contributed by atoms with van der Waals surface area (Å²) in [6.07, 6.45) is 3.55. The maximum absolute atomic E-state index is 12.3. The largest absolute Gasteiger partial charge is 0.488 e. The Morgan fingerprint density at radius 3 is 2.65 bits per heavy atom. The number of thiophene rings is 1. The molecule has 3 heterocycles. The summed E-state index contributed by atoms with van der Waals surface area (Å²) in [6, 6.07) is 9.95. The highest BCUT2D eigenvalue weighted by Gasteiger charge is 2.27. The predicted molar refractivity (Wildman–Crippen MR) is 144 cm³/mol. The fourth-order valence-corrected chi connectivity index (χ4v) is 5.33. The molecule has 1 aromatic carbocycles. The van der Waals surface area contributed by atoms with Crippen LogP contribution in [0.2, 0.25) is 0 Å². The zero-order chi connectivity index (χ0) is 26.6. The zero-order valence-corrected chi connectivity index (χ0v) is 23.2. The van der Waals surface area contributed by atoms with E-state index in [-0.39, 0.29) is 6.09 Å². The average molecular weight is 525 g/mol. The number of hydrogen-bond acceptors (Lipinski definition) is 8. The molecule has 0 radical (unpaired) electrons. The summed E-state index contributed by atoms with van der Waals surface area (Å²) in [4.78, 5) is 17.9. The van der Waals surface area contributed by atoms with Crippen molar-refractivity contribution in [2.45, 2.75) is 65.2 Å². The normalized spacial score (nSPS) is 14.8. The van der Waals surface area contributed by atoms with Gasteiger partial charge < -0.3 is 23.8 Å². The Labute approximate surface area is 222 Å². The van der Waals surface area contributed by atoms with Gasteiger partial charge in [0.25, 0.3) is 0 Å². The standard InChI is InChI=1S/C28H36N4O4S/c1-28(2,3)35-27(33)32-14-12-19(13-15-32)6-10-24-22-9-11-25(23(17-31(4)5)26(22)36-30-24)34-18-21-8-7-20(16-29)37-21/h7-9,11,19H,6,10,12-15,17-18H2,1-5H3. The van der Waals surface area contributed by atoms with Crippen molar-refractivity contribution >= 4 is 28.4 Å². The maximum atomic E-state index is 12.3. The minimum Gasteiger partial charge on any atom is -0.488 e. The smallest absolute Gasteiger partial charge is 0.410 e. The van der Waals surface area contributed by atoms with Crippen molar-refractivity contribution in [2.75, 3.05) is 27.2 Å². The molecule has 0 aliphatic carbocycles. The fourth-order valence-electron chi connectivity index (χ4n) is 4.61. The molecule has 37 heavy (non-hydrogen) atoms. The molecule has 8 nitrogen and oxygen atoms in total. The number of fused-ring (bicyclic) bond motifs is 1.